The molecule has 1 aliphatic heterocycles. The monoisotopic (exact) mass is 350 g/mol. The van der Waals surface area contributed by atoms with Crippen LogP contribution in [0.1, 0.15) is 16.6 Å². The van der Waals surface area contributed by atoms with Crippen LogP contribution in [0.5, 0.6) is 0 Å². The van der Waals surface area contributed by atoms with Crippen LogP contribution in [0.3, 0.4) is 0 Å². The van der Waals surface area contributed by atoms with Gasteiger partial charge in [0.25, 0.3) is 5.91 Å². The van der Waals surface area contributed by atoms with Crippen LogP contribution in [0.15, 0.2) is 60.0 Å². The second kappa shape index (κ2) is 6.33. The van der Waals surface area contributed by atoms with E-state index >= 15 is 0 Å². The molecule has 2 heterocycles. The van der Waals surface area contributed by atoms with E-state index in [1.165, 1.54) is 11.3 Å². The Balaban J connectivity index is 1.64. The smallest absolute Gasteiger partial charge is 0.264 e. The van der Waals surface area contributed by atoms with Gasteiger partial charge in [0.2, 0.25) is 5.91 Å². The lowest BCUT2D eigenvalue weighted by Gasteiger charge is -2.39. The number of amides is 2. The molecule has 0 bridgehead atoms. The Bertz CT molecular complexity index is 931. The van der Waals surface area contributed by atoms with E-state index in [0.29, 0.717) is 18.0 Å². The summed E-state index contributed by atoms with van der Waals surface area (Å²) in [7, 11) is 0. The first-order valence-electron chi connectivity index (χ1n) is 8.30. The third-order valence-corrected chi connectivity index (χ3v) is 5.56. The molecule has 0 unspecified atom stereocenters. The average Bonchev–Trinajstić information content (AvgIpc) is 3.18. The Morgan fingerprint density at radius 1 is 1.04 bits per heavy atom. The van der Waals surface area contributed by atoms with Crippen molar-refractivity contribution in [3.8, 4) is 0 Å². The van der Waals surface area contributed by atoms with Gasteiger partial charge in [-0.15, -0.1) is 11.3 Å². The van der Waals surface area contributed by atoms with E-state index in [1.54, 1.807) is 11.0 Å². The molecule has 1 fully saturated rings. The van der Waals surface area contributed by atoms with Gasteiger partial charge in [-0.05, 0) is 29.8 Å². The van der Waals surface area contributed by atoms with Crippen LogP contribution in [0, 0.1) is 0 Å². The average molecular weight is 350 g/mol. The van der Waals surface area contributed by atoms with Crippen molar-refractivity contribution in [3.63, 3.8) is 0 Å². The molecule has 0 N–H and O–H groups in total. The number of hydrogen-bond donors (Lipinski definition) is 0. The summed E-state index contributed by atoms with van der Waals surface area (Å²) in [6.07, 6.45) is 0. The minimum atomic E-state index is -0.470. The standard InChI is InChI=1S/C20H18N2O2S/c1-14-19(23)22(12-11-21(14)20(24)18-10-5-13-25-18)17-9-4-7-15-6-2-3-8-16(15)17/h2-10,13-14H,11-12H2,1H3/t14-/m1/s1. The summed E-state index contributed by atoms with van der Waals surface area (Å²) in [6.45, 7) is 2.85. The van der Waals surface area contributed by atoms with Gasteiger partial charge in [-0.3, -0.25) is 9.59 Å². The summed E-state index contributed by atoms with van der Waals surface area (Å²) < 4.78 is 0. The Labute approximate surface area is 150 Å². The molecule has 126 valence electrons. The Morgan fingerprint density at radius 2 is 1.84 bits per heavy atom. The van der Waals surface area contributed by atoms with Crippen LogP contribution in [0.2, 0.25) is 0 Å². The number of benzene rings is 2. The van der Waals surface area contributed by atoms with Gasteiger partial charge >= 0.3 is 0 Å². The Kier molecular flexibility index (Phi) is 4.01. The maximum absolute atomic E-state index is 13.0. The van der Waals surface area contributed by atoms with Crippen LogP contribution in [-0.2, 0) is 4.79 Å². The van der Waals surface area contributed by atoms with Gasteiger partial charge in [0, 0.05) is 18.5 Å². The molecule has 4 rings (SSSR count). The summed E-state index contributed by atoms with van der Waals surface area (Å²) in [5, 5.41) is 4.05. The fourth-order valence-electron chi connectivity index (χ4n) is 3.37. The molecule has 0 radical (unpaired) electrons. The first kappa shape index (κ1) is 15.8. The molecular formula is C20H18N2O2S. The molecule has 0 spiro atoms. The molecular weight excluding hydrogens is 332 g/mol. The SMILES string of the molecule is C[C@@H]1C(=O)N(c2cccc3ccccc23)CCN1C(=O)c1cccs1. The molecule has 1 saturated heterocycles. The number of fused-ring (bicyclic) bond motifs is 1. The van der Waals surface area contributed by atoms with Gasteiger partial charge in [0.15, 0.2) is 0 Å². The lowest BCUT2D eigenvalue weighted by molar-refractivity contribution is -0.124. The highest BCUT2D eigenvalue weighted by atomic mass is 32.1. The normalized spacial score (nSPS) is 18.0. The lowest BCUT2D eigenvalue weighted by atomic mass is 10.1. The van der Waals surface area contributed by atoms with Crippen molar-refractivity contribution in [1.82, 2.24) is 4.90 Å². The summed E-state index contributed by atoms with van der Waals surface area (Å²) in [5.41, 5.74) is 0.915. The third-order valence-electron chi connectivity index (χ3n) is 4.71. The topological polar surface area (TPSA) is 40.6 Å². The molecule has 1 aromatic heterocycles. The highest BCUT2D eigenvalue weighted by molar-refractivity contribution is 7.12. The minimum absolute atomic E-state index is 0.0347. The van der Waals surface area contributed by atoms with Crippen molar-refractivity contribution in [3.05, 3.63) is 64.9 Å². The molecule has 3 aromatic rings. The van der Waals surface area contributed by atoms with Crippen molar-refractivity contribution >= 4 is 39.6 Å². The zero-order valence-corrected chi connectivity index (χ0v) is 14.7. The zero-order chi connectivity index (χ0) is 17.4. The molecule has 4 nitrogen and oxygen atoms in total. The number of carbonyl (C=O) groups excluding carboxylic acids is 2. The summed E-state index contributed by atoms with van der Waals surface area (Å²) in [4.78, 5) is 29.8. The first-order chi connectivity index (χ1) is 12.2. The number of anilines is 1. The van der Waals surface area contributed by atoms with Crippen LogP contribution < -0.4 is 4.90 Å². The molecule has 2 amide bonds. The van der Waals surface area contributed by atoms with Gasteiger partial charge in [-0.25, -0.2) is 0 Å². The van der Waals surface area contributed by atoms with Crippen molar-refractivity contribution in [2.24, 2.45) is 0 Å². The fourth-order valence-corrected chi connectivity index (χ4v) is 4.05. The van der Waals surface area contributed by atoms with E-state index < -0.39 is 6.04 Å². The molecule has 0 aliphatic carbocycles. The van der Waals surface area contributed by atoms with Crippen LogP contribution in [-0.4, -0.2) is 35.8 Å². The number of rotatable bonds is 2. The molecule has 0 saturated carbocycles. The number of hydrogen-bond acceptors (Lipinski definition) is 3. The second-order valence-electron chi connectivity index (χ2n) is 6.14. The Morgan fingerprint density at radius 3 is 2.64 bits per heavy atom. The van der Waals surface area contributed by atoms with E-state index in [4.69, 9.17) is 0 Å². The Hall–Kier alpha value is -2.66. The molecule has 2 aromatic carbocycles. The van der Waals surface area contributed by atoms with Crippen molar-refractivity contribution in [2.75, 3.05) is 18.0 Å². The van der Waals surface area contributed by atoms with Crippen molar-refractivity contribution < 1.29 is 9.59 Å². The van der Waals surface area contributed by atoms with Gasteiger partial charge in [-0.1, -0.05) is 42.5 Å². The number of piperazine rings is 1. The van der Waals surface area contributed by atoms with Gasteiger partial charge in [0.1, 0.15) is 6.04 Å². The van der Waals surface area contributed by atoms with E-state index in [0.717, 1.165) is 16.5 Å². The lowest BCUT2D eigenvalue weighted by Crippen LogP contribution is -2.57. The molecule has 5 heteroatoms. The molecule has 1 atom stereocenters. The minimum Gasteiger partial charge on any atom is -0.324 e. The largest absolute Gasteiger partial charge is 0.324 e. The van der Waals surface area contributed by atoms with Crippen molar-refractivity contribution in [2.45, 2.75) is 13.0 Å². The highest BCUT2D eigenvalue weighted by Gasteiger charge is 2.36. The number of thiophene rings is 1. The van der Waals surface area contributed by atoms with Crippen LogP contribution in [0.4, 0.5) is 5.69 Å². The number of nitrogens with zero attached hydrogens (tertiary/aromatic N) is 2. The summed E-state index contributed by atoms with van der Waals surface area (Å²) in [5.74, 6) is -0.0964. The van der Waals surface area contributed by atoms with Gasteiger partial charge in [-0.2, -0.15) is 0 Å². The van der Waals surface area contributed by atoms with Crippen LogP contribution in [0.25, 0.3) is 10.8 Å². The van der Waals surface area contributed by atoms with E-state index in [2.05, 4.69) is 0 Å². The van der Waals surface area contributed by atoms with Gasteiger partial charge in [0.05, 0.1) is 10.6 Å². The first-order valence-corrected chi connectivity index (χ1v) is 9.18. The van der Waals surface area contributed by atoms with E-state index in [1.807, 2.05) is 65.7 Å². The summed E-state index contributed by atoms with van der Waals surface area (Å²) in [6, 6.07) is 17.2. The summed E-state index contributed by atoms with van der Waals surface area (Å²) >= 11 is 1.41. The third kappa shape index (κ3) is 2.70. The number of carbonyl (C=O) groups is 2. The second-order valence-corrected chi connectivity index (χ2v) is 7.09. The molecule has 25 heavy (non-hydrogen) atoms. The van der Waals surface area contributed by atoms with Gasteiger partial charge < -0.3 is 9.80 Å². The predicted molar refractivity (Wildman–Crippen MR) is 101 cm³/mol. The van der Waals surface area contributed by atoms with Crippen LogP contribution >= 0.6 is 11.3 Å². The maximum atomic E-state index is 13.0. The fraction of sp³-hybridized carbons (Fsp3) is 0.200. The zero-order valence-electron chi connectivity index (χ0n) is 13.9. The maximum Gasteiger partial charge on any atom is 0.264 e. The molecule has 1 aliphatic rings. The predicted octanol–water partition coefficient (Wildman–Crippen LogP) is 3.78. The highest BCUT2D eigenvalue weighted by Crippen LogP contribution is 2.29. The quantitative estimate of drug-likeness (QED) is 0.706. The van der Waals surface area contributed by atoms with E-state index in [-0.39, 0.29) is 11.8 Å². The van der Waals surface area contributed by atoms with E-state index in [9.17, 15) is 9.59 Å². The van der Waals surface area contributed by atoms with Crippen molar-refractivity contribution in [1.29, 1.82) is 0 Å².